The number of hydroxylamine groups is 2. The molecular formula is C6H10N2O3S. The molecule has 0 saturated carbocycles. The molecule has 1 aliphatic heterocycles. The topological polar surface area (TPSA) is 70.2 Å². The Morgan fingerprint density at radius 1 is 1.75 bits per heavy atom. The highest BCUT2D eigenvalue weighted by molar-refractivity contribution is 7.90. The second-order valence-electron chi connectivity index (χ2n) is 2.71. The molecule has 2 unspecified atom stereocenters. The van der Waals surface area contributed by atoms with E-state index in [9.17, 15) is 8.42 Å². The molecule has 0 aromatic carbocycles. The Morgan fingerprint density at radius 3 is 2.83 bits per heavy atom. The number of sulfone groups is 1. The fraction of sp³-hybridized carbons (Fsp3) is 0.833. The predicted octanol–water partition coefficient (Wildman–Crippen LogP) is -0.830. The van der Waals surface area contributed by atoms with Gasteiger partial charge in [0.2, 0.25) is 0 Å². The van der Waals surface area contributed by atoms with Crippen LogP contribution in [0.2, 0.25) is 0 Å². The summed E-state index contributed by atoms with van der Waals surface area (Å²) in [5.74, 6) is 0.00164. The molecule has 0 aromatic rings. The first-order chi connectivity index (χ1) is 5.53. The molecule has 0 N–H and O–H groups in total. The summed E-state index contributed by atoms with van der Waals surface area (Å²) in [7, 11) is -2.95. The normalized spacial score (nSPS) is 28.0. The van der Waals surface area contributed by atoms with Crippen LogP contribution in [0.4, 0.5) is 0 Å². The van der Waals surface area contributed by atoms with Crippen LogP contribution < -0.4 is 0 Å². The van der Waals surface area contributed by atoms with Crippen molar-refractivity contribution in [3.8, 4) is 6.07 Å². The van der Waals surface area contributed by atoms with Crippen LogP contribution in [0.3, 0.4) is 0 Å². The molecule has 1 aliphatic rings. The largest absolute Gasteiger partial charge is 0.297 e. The molecule has 68 valence electrons. The van der Waals surface area contributed by atoms with Gasteiger partial charge in [0, 0.05) is 6.26 Å². The van der Waals surface area contributed by atoms with Crippen LogP contribution in [0.15, 0.2) is 0 Å². The van der Waals surface area contributed by atoms with E-state index in [1.165, 1.54) is 5.06 Å². The van der Waals surface area contributed by atoms with E-state index in [1.54, 1.807) is 0 Å². The van der Waals surface area contributed by atoms with Gasteiger partial charge in [-0.05, 0) is 0 Å². The van der Waals surface area contributed by atoms with Gasteiger partial charge in [-0.3, -0.25) is 4.84 Å². The third kappa shape index (κ3) is 3.17. The molecule has 5 nitrogen and oxygen atoms in total. The molecule has 0 spiro atoms. The first kappa shape index (κ1) is 9.45. The average Bonchev–Trinajstić information content (AvgIpc) is 2.64. The Balaban J connectivity index is 2.10. The van der Waals surface area contributed by atoms with Crippen LogP contribution >= 0.6 is 0 Å². The van der Waals surface area contributed by atoms with Gasteiger partial charge in [-0.15, -0.1) is 0 Å². The molecule has 2 atom stereocenters. The zero-order valence-corrected chi connectivity index (χ0v) is 7.54. The molecule has 0 aliphatic carbocycles. The van der Waals surface area contributed by atoms with Crippen LogP contribution in [0.25, 0.3) is 0 Å². The molecule has 12 heavy (non-hydrogen) atoms. The smallest absolute Gasteiger partial charge is 0.149 e. The fourth-order valence-corrected chi connectivity index (χ4v) is 1.05. The van der Waals surface area contributed by atoms with Gasteiger partial charge in [-0.25, -0.2) is 8.42 Å². The lowest BCUT2D eigenvalue weighted by Crippen LogP contribution is -2.13. The zero-order chi connectivity index (χ0) is 9.19. The monoisotopic (exact) mass is 190 g/mol. The number of nitriles is 1. The SMILES string of the molecule is CS(=O)(=O)CCON1CC1C#N. The van der Waals surface area contributed by atoms with E-state index in [2.05, 4.69) is 0 Å². The Kier molecular flexibility index (Phi) is 2.67. The van der Waals surface area contributed by atoms with Crippen molar-refractivity contribution in [1.29, 1.82) is 5.26 Å². The van der Waals surface area contributed by atoms with E-state index in [0.717, 1.165) is 6.26 Å². The zero-order valence-electron chi connectivity index (χ0n) is 6.73. The molecule has 0 aromatic heterocycles. The second kappa shape index (κ2) is 3.39. The highest BCUT2D eigenvalue weighted by Crippen LogP contribution is 2.15. The lowest BCUT2D eigenvalue weighted by atomic mass is 10.6. The molecule has 1 rings (SSSR count). The predicted molar refractivity (Wildman–Crippen MR) is 41.8 cm³/mol. The number of nitrogens with zero attached hydrogens (tertiary/aromatic N) is 2. The van der Waals surface area contributed by atoms with Crippen LogP contribution in [0.5, 0.6) is 0 Å². The van der Waals surface area contributed by atoms with Gasteiger partial charge in [-0.1, -0.05) is 0 Å². The molecule has 0 radical (unpaired) electrons. The van der Waals surface area contributed by atoms with Crippen molar-refractivity contribution < 1.29 is 13.3 Å². The second-order valence-corrected chi connectivity index (χ2v) is 4.97. The van der Waals surface area contributed by atoms with Gasteiger partial charge >= 0.3 is 0 Å². The van der Waals surface area contributed by atoms with E-state index >= 15 is 0 Å². The van der Waals surface area contributed by atoms with Crippen molar-refractivity contribution in [1.82, 2.24) is 5.06 Å². The molecule has 6 heteroatoms. The highest BCUT2D eigenvalue weighted by Gasteiger charge is 2.35. The highest BCUT2D eigenvalue weighted by atomic mass is 32.2. The third-order valence-corrected chi connectivity index (χ3v) is 2.34. The minimum absolute atomic E-state index is 0.00164. The van der Waals surface area contributed by atoms with E-state index in [4.69, 9.17) is 10.1 Å². The first-order valence-corrected chi connectivity index (χ1v) is 5.56. The summed E-state index contributed by atoms with van der Waals surface area (Å²) in [5, 5.41) is 9.81. The Labute approximate surface area is 71.4 Å². The average molecular weight is 190 g/mol. The van der Waals surface area contributed by atoms with Gasteiger partial charge in [0.15, 0.2) is 0 Å². The summed E-state index contributed by atoms with van der Waals surface area (Å²) in [4.78, 5) is 4.96. The molecule has 0 amide bonds. The first-order valence-electron chi connectivity index (χ1n) is 3.50. The summed E-state index contributed by atoms with van der Waals surface area (Å²) in [6.45, 7) is 0.720. The summed E-state index contributed by atoms with van der Waals surface area (Å²) < 4.78 is 21.2. The maximum absolute atomic E-state index is 10.6. The van der Waals surface area contributed by atoms with E-state index < -0.39 is 9.84 Å². The van der Waals surface area contributed by atoms with Gasteiger partial charge in [0.1, 0.15) is 15.9 Å². The lowest BCUT2D eigenvalue weighted by Gasteiger charge is -2.00. The fourth-order valence-electron chi connectivity index (χ4n) is 0.677. The van der Waals surface area contributed by atoms with Crippen LogP contribution in [-0.2, 0) is 14.7 Å². The Bertz CT molecular complexity index is 292. The van der Waals surface area contributed by atoms with Crippen molar-refractivity contribution in [2.75, 3.05) is 25.2 Å². The van der Waals surface area contributed by atoms with Crippen molar-refractivity contribution in [3.05, 3.63) is 0 Å². The Hall–Kier alpha value is -0.640. The summed E-state index contributed by atoms with van der Waals surface area (Å²) in [5.41, 5.74) is 0. The van der Waals surface area contributed by atoms with E-state index in [1.807, 2.05) is 6.07 Å². The summed E-state index contributed by atoms with van der Waals surface area (Å²) >= 11 is 0. The van der Waals surface area contributed by atoms with Gasteiger partial charge in [-0.2, -0.15) is 10.3 Å². The molecular weight excluding hydrogens is 180 g/mol. The van der Waals surface area contributed by atoms with Crippen molar-refractivity contribution in [2.24, 2.45) is 0 Å². The van der Waals surface area contributed by atoms with Crippen LogP contribution in [0.1, 0.15) is 0 Å². The summed E-state index contributed by atoms with van der Waals surface area (Å²) in [6.07, 6.45) is 1.15. The number of rotatable bonds is 4. The van der Waals surface area contributed by atoms with E-state index in [0.29, 0.717) is 6.54 Å². The Morgan fingerprint density at radius 2 is 2.42 bits per heavy atom. The van der Waals surface area contributed by atoms with Crippen molar-refractivity contribution in [2.45, 2.75) is 6.04 Å². The van der Waals surface area contributed by atoms with Crippen molar-refractivity contribution >= 4 is 9.84 Å². The maximum Gasteiger partial charge on any atom is 0.149 e. The number of hydrogen-bond donors (Lipinski definition) is 0. The van der Waals surface area contributed by atoms with Gasteiger partial charge in [0.05, 0.1) is 25.0 Å². The molecule has 1 saturated heterocycles. The quantitative estimate of drug-likeness (QED) is 0.541. The number of hydrogen-bond acceptors (Lipinski definition) is 5. The van der Waals surface area contributed by atoms with Gasteiger partial charge in [0.25, 0.3) is 0 Å². The van der Waals surface area contributed by atoms with E-state index in [-0.39, 0.29) is 18.4 Å². The maximum atomic E-state index is 10.6. The minimum Gasteiger partial charge on any atom is -0.297 e. The third-order valence-electron chi connectivity index (χ3n) is 1.43. The molecule has 1 heterocycles. The summed E-state index contributed by atoms with van der Waals surface area (Å²) in [6, 6.07) is 1.81. The van der Waals surface area contributed by atoms with Crippen molar-refractivity contribution in [3.63, 3.8) is 0 Å². The molecule has 1 fully saturated rings. The standard InChI is InChI=1S/C6H10N2O3S/c1-12(9,10)3-2-11-8-5-6(8)4-7/h6H,2-3,5H2,1H3. The lowest BCUT2D eigenvalue weighted by molar-refractivity contribution is -0.0622. The molecule has 0 bridgehead atoms. The minimum atomic E-state index is -2.95. The van der Waals surface area contributed by atoms with Crippen LogP contribution in [0, 0.1) is 11.3 Å². The van der Waals surface area contributed by atoms with Gasteiger partial charge < -0.3 is 0 Å². The van der Waals surface area contributed by atoms with Crippen LogP contribution in [-0.4, -0.2) is 44.7 Å².